The zero-order chi connectivity index (χ0) is 17.7. The number of rotatable bonds is 7. The maximum atomic E-state index is 10.7. The summed E-state index contributed by atoms with van der Waals surface area (Å²) in [6, 6.07) is 6.57. The van der Waals surface area contributed by atoms with Gasteiger partial charge < -0.3 is 15.3 Å². The number of nitrogens with one attached hydrogen (secondary N) is 1. The van der Waals surface area contributed by atoms with Crippen molar-refractivity contribution in [3.05, 3.63) is 39.9 Å². The number of piperidine rings is 1. The largest absolute Gasteiger partial charge is 0.390 e. The molecule has 0 bridgehead atoms. The van der Waals surface area contributed by atoms with Crippen molar-refractivity contribution in [3.8, 4) is 0 Å². The molecule has 1 aromatic rings. The maximum Gasteiger partial charge on any atom is 0.269 e. The summed E-state index contributed by atoms with van der Waals surface area (Å²) < 4.78 is 0. The molecule has 6 nitrogen and oxygen atoms in total. The highest BCUT2D eigenvalue weighted by Crippen LogP contribution is 2.23. The van der Waals surface area contributed by atoms with Crippen LogP contribution in [-0.2, 0) is 5.54 Å². The molecule has 1 aliphatic heterocycles. The highest BCUT2D eigenvalue weighted by atomic mass is 16.6. The zero-order valence-corrected chi connectivity index (χ0v) is 14.9. The number of nitrogens with zero attached hydrogens (tertiary/aromatic N) is 2. The molecule has 0 aromatic heterocycles. The number of aliphatic hydroxyl groups is 1. The van der Waals surface area contributed by atoms with Crippen molar-refractivity contribution in [1.82, 2.24) is 10.2 Å². The number of non-ortho nitro benzene ring substituents is 1. The van der Waals surface area contributed by atoms with Gasteiger partial charge in [0.15, 0.2) is 0 Å². The Labute approximate surface area is 144 Å². The SMILES string of the molecule is CC1CCN(CC(O)CNC(C)(C)c2ccc([N+](=O)[O-])cc2)CC1. The molecule has 134 valence electrons. The van der Waals surface area contributed by atoms with Crippen molar-refractivity contribution < 1.29 is 10.0 Å². The van der Waals surface area contributed by atoms with Gasteiger partial charge in [-0.05, 0) is 51.3 Å². The molecule has 6 heteroatoms. The van der Waals surface area contributed by atoms with Gasteiger partial charge in [0, 0.05) is 30.8 Å². The van der Waals surface area contributed by atoms with E-state index in [4.69, 9.17) is 0 Å². The second-order valence-electron chi connectivity index (χ2n) is 7.45. The van der Waals surface area contributed by atoms with E-state index in [0.717, 1.165) is 24.6 Å². The Morgan fingerprint density at radius 2 is 1.92 bits per heavy atom. The van der Waals surface area contributed by atoms with Gasteiger partial charge in [0.1, 0.15) is 0 Å². The highest BCUT2D eigenvalue weighted by Gasteiger charge is 2.23. The predicted octanol–water partition coefficient (Wildman–Crippen LogP) is 2.51. The van der Waals surface area contributed by atoms with Gasteiger partial charge in [0.25, 0.3) is 5.69 Å². The van der Waals surface area contributed by atoms with Gasteiger partial charge in [-0.15, -0.1) is 0 Å². The summed E-state index contributed by atoms with van der Waals surface area (Å²) in [6.07, 6.45) is 1.99. The van der Waals surface area contributed by atoms with E-state index < -0.39 is 11.0 Å². The van der Waals surface area contributed by atoms with Gasteiger partial charge in [-0.3, -0.25) is 10.1 Å². The summed E-state index contributed by atoms with van der Waals surface area (Å²) >= 11 is 0. The van der Waals surface area contributed by atoms with Crippen molar-refractivity contribution in [2.45, 2.75) is 45.3 Å². The first kappa shape index (κ1) is 18.8. The summed E-state index contributed by atoms with van der Waals surface area (Å²) in [5, 5.41) is 24.4. The van der Waals surface area contributed by atoms with Crippen LogP contribution in [0.4, 0.5) is 5.69 Å². The average molecular weight is 335 g/mol. The zero-order valence-electron chi connectivity index (χ0n) is 14.9. The standard InChI is InChI=1S/C18H29N3O3/c1-14-8-10-20(11-9-14)13-17(22)12-19-18(2,3)15-4-6-16(7-5-15)21(23)24/h4-7,14,17,19,22H,8-13H2,1-3H3. The second-order valence-corrected chi connectivity index (χ2v) is 7.45. The third-order valence-corrected chi connectivity index (χ3v) is 4.92. The minimum absolute atomic E-state index is 0.0916. The van der Waals surface area contributed by atoms with E-state index >= 15 is 0 Å². The molecule has 24 heavy (non-hydrogen) atoms. The van der Waals surface area contributed by atoms with Crippen LogP contribution in [0, 0.1) is 16.0 Å². The highest BCUT2D eigenvalue weighted by molar-refractivity contribution is 5.35. The molecule has 1 atom stereocenters. The number of likely N-dealkylation sites (tertiary alicyclic amines) is 1. The fourth-order valence-electron chi connectivity index (χ4n) is 3.08. The number of nitro groups is 1. The van der Waals surface area contributed by atoms with Gasteiger partial charge in [0.2, 0.25) is 0 Å². The monoisotopic (exact) mass is 335 g/mol. The number of hydrogen-bond donors (Lipinski definition) is 2. The molecule has 0 amide bonds. The van der Waals surface area contributed by atoms with Crippen LogP contribution < -0.4 is 5.32 Å². The van der Waals surface area contributed by atoms with Crippen LogP contribution in [-0.4, -0.2) is 47.2 Å². The molecule has 1 unspecified atom stereocenters. The number of benzene rings is 1. The van der Waals surface area contributed by atoms with Crippen molar-refractivity contribution in [1.29, 1.82) is 0 Å². The smallest absolute Gasteiger partial charge is 0.269 e. The van der Waals surface area contributed by atoms with E-state index in [1.807, 2.05) is 13.8 Å². The Morgan fingerprint density at radius 3 is 2.46 bits per heavy atom. The Morgan fingerprint density at radius 1 is 1.33 bits per heavy atom. The van der Waals surface area contributed by atoms with Crippen molar-refractivity contribution >= 4 is 5.69 Å². The van der Waals surface area contributed by atoms with Crippen molar-refractivity contribution in [2.24, 2.45) is 5.92 Å². The normalized spacial score (nSPS) is 18.5. The Kier molecular flexibility index (Phi) is 6.32. The molecule has 1 fully saturated rings. The third kappa shape index (κ3) is 5.26. The fraction of sp³-hybridized carbons (Fsp3) is 0.667. The van der Waals surface area contributed by atoms with E-state index in [2.05, 4.69) is 17.1 Å². The lowest BCUT2D eigenvalue weighted by molar-refractivity contribution is -0.384. The van der Waals surface area contributed by atoms with Crippen LogP contribution in [0.15, 0.2) is 24.3 Å². The van der Waals surface area contributed by atoms with Crippen molar-refractivity contribution in [2.75, 3.05) is 26.2 Å². The lowest BCUT2D eigenvalue weighted by atomic mass is 9.94. The summed E-state index contributed by atoms with van der Waals surface area (Å²) in [5.74, 6) is 0.789. The maximum absolute atomic E-state index is 10.7. The van der Waals surface area contributed by atoms with E-state index in [1.165, 1.54) is 25.0 Å². The van der Waals surface area contributed by atoms with Crippen LogP contribution in [0.5, 0.6) is 0 Å². The minimum atomic E-state index is -0.421. The van der Waals surface area contributed by atoms with Gasteiger partial charge in [-0.25, -0.2) is 0 Å². The van der Waals surface area contributed by atoms with E-state index in [9.17, 15) is 15.2 Å². The average Bonchev–Trinajstić information content (AvgIpc) is 2.55. The molecular weight excluding hydrogens is 306 g/mol. The quantitative estimate of drug-likeness (QED) is 0.591. The Balaban J connectivity index is 1.83. The van der Waals surface area contributed by atoms with Gasteiger partial charge in [0.05, 0.1) is 11.0 Å². The number of β-amino-alcohol motifs (C(OH)–C–C–N with tert-alkyl or cyclic N) is 1. The molecule has 0 radical (unpaired) electrons. The summed E-state index contributed by atoms with van der Waals surface area (Å²) in [5.41, 5.74) is 0.702. The lowest BCUT2D eigenvalue weighted by Gasteiger charge is -2.33. The van der Waals surface area contributed by atoms with Crippen LogP contribution in [0.25, 0.3) is 0 Å². The topological polar surface area (TPSA) is 78.6 Å². The second kappa shape index (κ2) is 8.05. The molecule has 2 rings (SSSR count). The summed E-state index contributed by atoms with van der Waals surface area (Å²) in [7, 11) is 0. The molecule has 0 saturated carbocycles. The molecule has 1 saturated heterocycles. The summed E-state index contributed by atoms with van der Waals surface area (Å²) in [4.78, 5) is 12.7. The van der Waals surface area contributed by atoms with Gasteiger partial charge >= 0.3 is 0 Å². The minimum Gasteiger partial charge on any atom is -0.390 e. The van der Waals surface area contributed by atoms with Crippen LogP contribution in [0.1, 0.15) is 39.2 Å². The molecule has 1 aliphatic rings. The fourth-order valence-corrected chi connectivity index (χ4v) is 3.08. The Bertz CT molecular complexity index is 537. The Hall–Kier alpha value is -1.50. The van der Waals surface area contributed by atoms with Crippen LogP contribution in [0.2, 0.25) is 0 Å². The number of aliphatic hydroxyl groups excluding tert-OH is 1. The first-order valence-electron chi connectivity index (χ1n) is 8.68. The summed E-state index contributed by atoms with van der Waals surface area (Å²) in [6.45, 7) is 9.62. The van der Waals surface area contributed by atoms with E-state index in [0.29, 0.717) is 13.1 Å². The van der Waals surface area contributed by atoms with Crippen LogP contribution >= 0.6 is 0 Å². The molecule has 0 spiro atoms. The molecular formula is C18H29N3O3. The first-order chi connectivity index (χ1) is 11.3. The molecule has 2 N–H and O–H groups in total. The predicted molar refractivity (Wildman–Crippen MR) is 95.0 cm³/mol. The van der Waals surface area contributed by atoms with Gasteiger partial charge in [-0.2, -0.15) is 0 Å². The molecule has 1 aromatic carbocycles. The molecule has 0 aliphatic carbocycles. The van der Waals surface area contributed by atoms with Crippen molar-refractivity contribution in [3.63, 3.8) is 0 Å². The first-order valence-corrected chi connectivity index (χ1v) is 8.68. The lowest BCUT2D eigenvalue weighted by Crippen LogP contribution is -2.46. The number of hydrogen-bond acceptors (Lipinski definition) is 5. The van der Waals surface area contributed by atoms with E-state index in [1.54, 1.807) is 12.1 Å². The molecule has 1 heterocycles. The van der Waals surface area contributed by atoms with Crippen LogP contribution in [0.3, 0.4) is 0 Å². The number of nitro benzene ring substituents is 1. The van der Waals surface area contributed by atoms with Gasteiger partial charge in [-0.1, -0.05) is 19.1 Å². The van der Waals surface area contributed by atoms with E-state index in [-0.39, 0.29) is 11.2 Å². The third-order valence-electron chi connectivity index (χ3n) is 4.92.